The van der Waals surface area contributed by atoms with Crippen LogP contribution in [0, 0.1) is 5.82 Å². The zero-order valence-corrected chi connectivity index (χ0v) is 18.0. The number of likely N-dealkylation sites (tertiary alicyclic amines) is 1. The molecule has 1 aliphatic rings. The lowest BCUT2D eigenvalue weighted by atomic mass is 9.95. The van der Waals surface area contributed by atoms with Crippen LogP contribution in [0.15, 0.2) is 54.1 Å². The summed E-state index contributed by atoms with van der Waals surface area (Å²) < 4.78 is 18.6. The van der Waals surface area contributed by atoms with Gasteiger partial charge in [0.05, 0.1) is 18.7 Å². The van der Waals surface area contributed by atoms with Gasteiger partial charge in [-0.1, -0.05) is 26.0 Å². The molecular formula is C24H27FN2O4. The Morgan fingerprint density at radius 3 is 2.23 bits per heavy atom. The smallest absolute Gasteiger partial charge is 0.295 e. The number of carbonyl (C=O) groups excluding carboxylic acids is 2. The molecule has 0 aliphatic carbocycles. The topological polar surface area (TPSA) is 70.1 Å². The third-order valence-electron chi connectivity index (χ3n) is 5.64. The lowest BCUT2D eigenvalue weighted by Crippen LogP contribution is -2.38. The van der Waals surface area contributed by atoms with Crippen LogP contribution in [0.3, 0.4) is 0 Å². The third kappa shape index (κ3) is 4.61. The standard InChI is InChI=1S/C24H27FN2O4/c1-4-26(5-2)14-15-27-21(16-8-12-19(31-3)13-9-16)20(23(29)24(27)30)22(28)17-6-10-18(25)11-7-17/h6-13,21,28H,4-5,14-15H2,1-3H3/t21-/m0/s1. The number of ether oxygens (including phenoxy) is 1. The quantitative estimate of drug-likeness (QED) is 0.397. The van der Waals surface area contributed by atoms with Crippen LogP contribution in [0.25, 0.3) is 5.76 Å². The van der Waals surface area contributed by atoms with Crippen molar-refractivity contribution in [2.45, 2.75) is 19.9 Å². The monoisotopic (exact) mass is 426 g/mol. The molecule has 6 nitrogen and oxygen atoms in total. The van der Waals surface area contributed by atoms with Crippen molar-refractivity contribution in [3.8, 4) is 5.75 Å². The van der Waals surface area contributed by atoms with E-state index in [0.717, 1.165) is 13.1 Å². The molecule has 1 saturated heterocycles. The van der Waals surface area contributed by atoms with Gasteiger partial charge in [0.15, 0.2) is 0 Å². The molecule has 0 bridgehead atoms. The average Bonchev–Trinajstić information content (AvgIpc) is 3.04. The van der Waals surface area contributed by atoms with E-state index < -0.39 is 23.5 Å². The van der Waals surface area contributed by atoms with Crippen LogP contribution in [0.5, 0.6) is 5.75 Å². The Bertz CT molecular complexity index is 966. The lowest BCUT2D eigenvalue weighted by Gasteiger charge is -2.28. The molecule has 1 fully saturated rings. The molecule has 3 rings (SSSR count). The van der Waals surface area contributed by atoms with E-state index in [2.05, 4.69) is 4.90 Å². The zero-order valence-electron chi connectivity index (χ0n) is 18.0. The summed E-state index contributed by atoms with van der Waals surface area (Å²) in [6, 6.07) is 11.5. The largest absolute Gasteiger partial charge is 0.507 e. The van der Waals surface area contributed by atoms with Gasteiger partial charge in [0.1, 0.15) is 17.3 Å². The Balaban J connectivity index is 2.08. The highest BCUT2D eigenvalue weighted by atomic mass is 19.1. The lowest BCUT2D eigenvalue weighted by molar-refractivity contribution is -0.140. The van der Waals surface area contributed by atoms with Gasteiger partial charge in [-0.3, -0.25) is 9.59 Å². The van der Waals surface area contributed by atoms with Crippen molar-refractivity contribution in [2.24, 2.45) is 0 Å². The summed E-state index contributed by atoms with van der Waals surface area (Å²) >= 11 is 0. The second-order valence-corrected chi connectivity index (χ2v) is 7.30. The average molecular weight is 426 g/mol. The van der Waals surface area contributed by atoms with Gasteiger partial charge >= 0.3 is 0 Å². The number of hydrogen-bond acceptors (Lipinski definition) is 5. The minimum atomic E-state index is -0.748. The summed E-state index contributed by atoms with van der Waals surface area (Å²) in [5.74, 6) is -1.53. The van der Waals surface area contributed by atoms with E-state index in [1.165, 1.54) is 29.2 Å². The number of nitrogens with zero attached hydrogens (tertiary/aromatic N) is 2. The van der Waals surface area contributed by atoms with E-state index in [1.807, 2.05) is 13.8 Å². The summed E-state index contributed by atoms with van der Waals surface area (Å²) in [6.07, 6.45) is 0. The van der Waals surface area contributed by atoms with Gasteiger partial charge in [0.2, 0.25) is 0 Å². The fourth-order valence-electron chi connectivity index (χ4n) is 3.80. The van der Waals surface area contributed by atoms with E-state index in [0.29, 0.717) is 24.4 Å². The predicted molar refractivity (Wildman–Crippen MR) is 116 cm³/mol. The maximum absolute atomic E-state index is 13.3. The highest BCUT2D eigenvalue weighted by Gasteiger charge is 2.45. The van der Waals surface area contributed by atoms with E-state index in [4.69, 9.17) is 4.74 Å². The van der Waals surface area contributed by atoms with E-state index in [9.17, 15) is 19.1 Å². The molecule has 31 heavy (non-hydrogen) atoms. The second kappa shape index (κ2) is 9.75. The van der Waals surface area contributed by atoms with Crippen LogP contribution in [0.2, 0.25) is 0 Å². The Morgan fingerprint density at radius 1 is 1.06 bits per heavy atom. The number of amides is 1. The molecule has 1 aliphatic heterocycles. The molecule has 0 aromatic heterocycles. The predicted octanol–water partition coefficient (Wildman–Crippen LogP) is 3.60. The molecular weight excluding hydrogens is 399 g/mol. The molecule has 1 N–H and O–H groups in total. The summed E-state index contributed by atoms with van der Waals surface area (Å²) in [6.45, 7) is 6.65. The number of aliphatic hydroxyl groups is 1. The van der Waals surface area contributed by atoms with Crippen molar-refractivity contribution in [1.82, 2.24) is 9.80 Å². The Morgan fingerprint density at radius 2 is 1.68 bits per heavy atom. The molecule has 0 spiro atoms. The van der Waals surface area contributed by atoms with E-state index >= 15 is 0 Å². The Hall–Kier alpha value is -3.19. The van der Waals surface area contributed by atoms with Crippen LogP contribution < -0.4 is 4.74 Å². The number of ketones is 1. The number of halogens is 1. The molecule has 2 aromatic rings. The SMILES string of the molecule is CCN(CC)CCN1C(=O)C(=O)C(=C(O)c2ccc(F)cc2)[C@@H]1c1ccc(OC)cc1. The van der Waals surface area contributed by atoms with Crippen molar-refractivity contribution in [2.75, 3.05) is 33.3 Å². The Kier molecular flexibility index (Phi) is 7.07. The van der Waals surface area contributed by atoms with Crippen LogP contribution in [-0.4, -0.2) is 59.9 Å². The molecule has 1 heterocycles. The third-order valence-corrected chi connectivity index (χ3v) is 5.64. The van der Waals surface area contributed by atoms with E-state index in [-0.39, 0.29) is 16.9 Å². The number of rotatable bonds is 8. The van der Waals surface area contributed by atoms with Crippen molar-refractivity contribution in [1.29, 1.82) is 0 Å². The normalized spacial score (nSPS) is 18.1. The highest BCUT2D eigenvalue weighted by Crippen LogP contribution is 2.39. The number of hydrogen-bond donors (Lipinski definition) is 1. The van der Waals surface area contributed by atoms with E-state index in [1.54, 1.807) is 31.4 Å². The van der Waals surface area contributed by atoms with Crippen LogP contribution >= 0.6 is 0 Å². The summed E-state index contributed by atoms with van der Waals surface area (Å²) in [4.78, 5) is 29.6. The van der Waals surface area contributed by atoms with Gasteiger partial charge in [-0.25, -0.2) is 4.39 Å². The first kappa shape index (κ1) is 22.5. The Labute approximate surface area is 181 Å². The van der Waals surface area contributed by atoms with Gasteiger partial charge < -0.3 is 19.6 Å². The summed E-state index contributed by atoms with van der Waals surface area (Å²) in [5, 5.41) is 10.9. The number of Topliss-reactive ketones (excluding diaryl/α,β-unsaturated/α-hetero) is 1. The highest BCUT2D eigenvalue weighted by molar-refractivity contribution is 6.46. The van der Waals surface area contributed by atoms with Crippen molar-refractivity contribution >= 4 is 17.4 Å². The molecule has 1 atom stereocenters. The number of methoxy groups -OCH3 is 1. The molecule has 0 radical (unpaired) electrons. The number of carbonyl (C=O) groups is 2. The minimum Gasteiger partial charge on any atom is -0.507 e. The molecule has 1 amide bonds. The molecule has 0 saturated carbocycles. The first-order chi connectivity index (χ1) is 14.9. The van der Waals surface area contributed by atoms with Crippen molar-refractivity contribution in [3.05, 3.63) is 71.0 Å². The zero-order chi connectivity index (χ0) is 22.5. The molecule has 2 aromatic carbocycles. The molecule has 164 valence electrons. The number of aliphatic hydroxyl groups excluding tert-OH is 1. The first-order valence-electron chi connectivity index (χ1n) is 10.3. The molecule has 7 heteroatoms. The maximum Gasteiger partial charge on any atom is 0.295 e. The second-order valence-electron chi connectivity index (χ2n) is 7.30. The maximum atomic E-state index is 13.3. The minimum absolute atomic E-state index is 0.00122. The van der Waals surface area contributed by atoms with Gasteiger partial charge in [0, 0.05) is 18.7 Å². The summed E-state index contributed by atoms with van der Waals surface area (Å²) in [5.41, 5.74) is 0.964. The van der Waals surface area contributed by atoms with Gasteiger partial charge in [-0.15, -0.1) is 0 Å². The van der Waals surface area contributed by atoms with Gasteiger partial charge in [-0.2, -0.15) is 0 Å². The van der Waals surface area contributed by atoms with Gasteiger partial charge in [0.25, 0.3) is 11.7 Å². The van der Waals surface area contributed by atoms with Crippen LogP contribution in [0.4, 0.5) is 4.39 Å². The van der Waals surface area contributed by atoms with Crippen molar-refractivity contribution in [3.63, 3.8) is 0 Å². The first-order valence-corrected chi connectivity index (χ1v) is 10.3. The van der Waals surface area contributed by atoms with Crippen LogP contribution in [-0.2, 0) is 9.59 Å². The van der Waals surface area contributed by atoms with Crippen LogP contribution in [0.1, 0.15) is 31.0 Å². The fraction of sp³-hybridized carbons (Fsp3) is 0.333. The van der Waals surface area contributed by atoms with Gasteiger partial charge in [-0.05, 0) is 55.1 Å². The fourth-order valence-corrected chi connectivity index (χ4v) is 3.80. The molecule has 0 unspecified atom stereocenters. The number of benzene rings is 2. The van der Waals surface area contributed by atoms with Crippen molar-refractivity contribution < 1.29 is 23.8 Å². The summed E-state index contributed by atoms with van der Waals surface area (Å²) in [7, 11) is 1.56. The number of likely N-dealkylation sites (N-methyl/N-ethyl adjacent to an activating group) is 1.